The van der Waals surface area contributed by atoms with Gasteiger partial charge in [-0.15, -0.1) is 0 Å². The minimum Gasteiger partial charge on any atom is -0.495 e. The van der Waals surface area contributed by atoms with Gasteiger partial charge < -0.3 is 4.74 Å². The minimum absolute atomic E-state index is 0.259. The second kappa shape index (κ2) is 5.53. The normalized spacial score (nSPS) is 16.8. The van der Waals surface area contributed by atoms with Gasteiger partial charge in [0, 0.05) is 0 Å². The van der Waals surface area contributed by atoms with E-state index in [2.05, 4.69) is 17.0 Å². The maximum atomic E-state index is 9.32. The van der Waals surface area contributed by atoms with Crippen molar-refractivity contribution < 1.29 is 4.74 Å². The molecular weight excluding hydrogens is 226 g/mol. The van der Waals surface area contributed by atoms with Crippen molar-refractivity contribution in [3.63, 3.8) is 0 Å². The number of rotatable bonds is 3. The van der Waals surface area contributed by atoms with Gasteiger partial charge in [-0.25, -0.2) is 0 Å². The number of hydrogen-bond donors (Lipinski definition) is 0. The molecule has 92 valence electrons. The van der Waals surface area contributed by atoms with Crippen molar-refractivity contribution in [2.24, 2.45) is 0 Å². The van der Waals surface area contributed by atoms with Crippen molar-refractivity contribution in [3.8, 4) is 17.9 Å². The first kappa shape index (κ1) is 12.4. The smallest absolute Gasteiger partial charge is 0.136 e. The molecule has 1 fully saturated rings. The maximum absolute atomic E-state index is 9.32. The number of benzene rings is 1. The predicted molar refractivity (Wildman–Crippen MR) is 66.9 cm³/mol. The van der Waals surface area contributed by atoms with Gasteiger partial charge >= 0.3 is 0 Å². The first-order valence-corrected chi connectivity index (χ1v) is 6.02. The molecule has 0 amide bonds. The van der Waals surface area contributed by atoms with Gasteiger partial charge in [0.1, 0.15) is 17.9 Å². The van der Waals surface area contributed by atoms with E-state index in [0.717, 1.165) is 31.5 Å². The number of hydrogen-bond acceptors (Lipinski definition) is 4. The van der Waals surface area contributed by atoms with E-state index in [-0.39, 0.29) is 6.04 Å². The Hall–Kier alpha value is -2.04. The molecule has 4 heteroatoms. The van der Waals surface area contributed by atoms with E-state index in [1.54, 1.807) is 12.1 Å². The molecule has 1 aliphatic heterocycles. The molecule has 0 bridgehead atoms. The first-order valence-electron chi connectivity index (χ1n) is 6.02. The van der Waals surface area contributed by atoms with Crippen LogP contribution in [0.5, 0.6) is 5.75 Å². The lowest BCUT2D eigenvalue weighted by molar-refractivity contribution is 0.294. The molecular formula is C14H15N3O. The van der Waals surface area contributed by atoms with E-state index in [9.17, 15) is 5.26 Å². The van der Waals surface area contributed by atoms with E-state index < -0.39 is 0 Å². The molecule has 1 aliphatic rings. The molecule has 18 heavy (non-hydrogen) atoms. The van der Waals surface area contributed by atoms with E-state index >= 15 is 0 Å². The Morgan fingerprint density at radius 1 is 1.28 bits per heavy atom. The van der Waals surface area contributed by atoms with E-state index in [4.69, 9.17) is 10.00 Å². The van der Waals surface area contributed by atoms with Gasteiger partial charge in [-0.3, -0.25) is 4.90 Å². The van der Waals surface area contributed by atoms with Crippen molar-refractivity contribution >= 4 is 0 Å². The largest absolute Gasteiger partial charge is 0.495 e. The molecule has 4 nitrogen and oxygen atoms in total. The number of nitriles is 2. The molecule has 0 saturated carbocycles. The quantitative estimate of drug-likeness (QED) is 0.814. The second-order valence-corrected chi connectivity index (χ2v) is 4.35. The molecule has 1 heterocycles. The lowest BCUT2D eigenvalue weighted by Gasteiger charge is -2.21. The zero-order valence-electron chi connectivity index (χ0n) is 10.4. The lowest BCUT2D eigenvalue weighted by Crippen LogP contribution is -2.24. The van der Waals surface area contributed by atoms with Crippen LogP contribution in [0.4, 0.5) is 0 Å². The summed E-state index contributed by atoms with van der Waals surface area (Å²) >= 11 is 0. The van der Waals surface area contributed by atoms with Gasteiger partial charge in [0.25, 0.3) is 0 Å². The van der Waals surface area contributed by atoms with Gasteiger partial charge in [-0.1, -0.05) is 6.07 Å². The Labute approximate surface area is 107 Å². The predicted octanol–water partition coefficient (Wildman–Crippen LogP) is 2.23. The summed E-state index contributed by atoms with van der Waals surface area (Å²) < 4.78 is 5.11. The third kappa shape index (κ3) is 2.30. The summed E-state index contributed by atoms with van der Waals surface area (Å²) in [6.45, 7) is 1.90. The molecule has 0 spiro atoms. The number of likely N-dealkylation sites (tertiary alicyclic amines) is 1. The summed E-state index contributed by atoms with van der Waals surface area (Å²) in [5, 5.41) is 18.4. The Kier molecular flexibility index (Phi) is 3.82. The van der Waals surface area contributed by atoms with Crippen molar-refractivity contribution in [2.45, 2.75) is 18.9 Å². The fourth-order valence-corrected chi connectivity index (χ4v) is 2.35. The van der Waals surface area contributed by atoms with Gasteiger partial charge in [-0.2, -0.15) is 10.5 Å². The zero-order chi connectivity index (χ0) is 13.0. The van der Waals surface area contributed by atoms with Crippen LogP contribution in [0.25, 0.3) is 0 Å². The highest BCUT2D eigenvalue weighted by atomic mass is 16.5. The van der Waals surface area contributed by atoms with E-state index in [0.29, 0.717) is 11.3 Å². The molecule has 1 atom stereocenters. The monoisotopic (exact) mass is 241 g/mol. The highest BCUT2D eigenvalue weighted by molar-refractivity contribution is 5.46. The number of ether oxygens (including phenoxy) is 1. The maximum Gasteiger partial charge on any atom is 0.136 e. The van der Waals surface area contributed by atoms with Gasteiger partial charge in [-0.05, 0) is 43.6 Å². The Bertz CT molecular complexity index is 507. The summed E-state index contributed by atoms with van der Waals surface area (Å²) in [6, 6.07) is 9.55. The van der Waals surface area contributed by atoms with Crippen LogP contribution in [-0.2, 0) is 0 Å². The Morgan fingerprint density at radius 2 is 2.00 bits per heavy atom. The fourth-order valence-electron chi connectivity index (χ4n) is 2.35. The van der Waals surface area contributed by atoms with Crippen molar-refractivity contribution in [3.05, 3.63) is 29.3 Å². The van der Waals surface area contributed by atoms with Crippen LogP contribution in [0.15, 0.2) is 18.2 Å². The Morgan fingerprint density at radius 3 is 2.56 bits per heavy atom. The fraction of sp³-hybridized carbons (Fsp3) is 0.429. The molecule has 0 N–H and O–H groups in total. The van der Waals surface area contributed by atoms with Crippen LogP contribution in [0.3, 0.4) is 0 Å². The van der Waals surface area contributed by atoms with E-state index in [1.165, 1.54) is 7.11 Å². The summed E-state index contributed by atoms with van der Waals surface area (Å²) in [7, 11) is 1.54. The second-order valence-electron chi connectivity index (χ2n) is 4.35. The number of nitrogens with zero attached hydrogens (tertiary/aromatic N) is 3. The molecule has 0 aliphatic carbocycles. The zero-order valence-corrected chi connectivity index (χ0v) is 10.4. The van der Waals surface area contributed by atoms with Crippen LogP contribution in [0.1, 0.15) is 30.0 Å². The van der Waals surface area contributed by atoms with Crippen LogP contribution in [0.2, 0.25) is 0 Å². The highest BCUT2D eigenvalue weighted by Gasteiger charge is 2.23. The standard InChI is InChI=1S/C14H15N3O/c1-18-14-5-4-11(8-12(14)9-15)13(10-16)17-6-2-3-7-17/h4-5,8,13H,2-3,6-7H2,1H3. The summed E-state index contributed by atoms with van der Waals surface area (Å²) in [4.78, 5) is 2.16. The summed E-state index contributed by atoms with van der Waals surface area (Å²) in [6.07, 6.45) is 2.28. The molecule has 1 aromatic carbocycles. The first-order chi connectivity index (χ1) is 8.80. The van der Waals surface area contributed by atoms with Gasteiger partial charge in [0.05, 0.1) is 18.7 Å². The molecule has 0 radical (unpaired) electrons. The van der Waals surface area contributed by atoms with Crippen molar-refractivity contribution in [1.82, 2.24) is 4.90 Å². The highest BCUT2D eigenvalue weighted by Crippen LogP contribution is 2.28. The molecule has 1 saturated heterocycles. The minimum atomic E-state index is -0.259. The van der Waals surface area contributed by atoms with Gasteiger partial charge in [0.2, 0.25) is 0 Å². The van der Waals surface area contributed by atoms with Crippen molar-refractivity contribution in [2.75, 3.05) is 20.2 Å². The third-order valence-corrected chi connectivity index (χ3v) is 3.29. The SMILES string of the molecule is COc1ccc(C(C#N)N2CCCC2)cc1C#N. The molecule has 0 aromatic heterocycles. The van der Waals surface area contributed by atoms with Crippen LogP contribution in [0, 0.1) is 22.7 Å². The molecule has 2 rings (SSSR count). The summed E-state index contributed by atoms with van der Waals surface area (Å²) in [5.74, 6) is 0.555. The van der Waals surface area contributed by atoms with Crippen LogP contribution in [-0.4, -0.2) is 25.1 Å². The average Bonchev–Trinajstić information content (AvgIpc) is 2.93. The Balaban J connectivity index is 2.32. The molecule has 1 aromatic rings. The van der Waals surface area contributed by atoms with Crippen molar-refractivity contribution in [1.29, 1.82) is 10.5 Å². The topological polar surface area (TPSA) is 60.0 Å². The summed E-state index contributed by atoms with van der Waals surface area (Å²) in [5.41, 5.74) is 1.35. The van der Waals surface area contributed by atoms with Gasteiger partial charge in [0.15, 0.2) is 0 Å². The van der Waals surface area contributed by atoms with Crippen LogP contribution < -0.4 is 4.74 Å². The lowest BCUT2D eigenvalue weighted by atomic mass is 10.0. The average molecular weight is 241 g/mol. The molecule has 1 unspecified atom stereocenters. The van der Waals surface area contributed by atoms with Crippen LogP contribution >= 0.6 is 0 Å². The number of methoxy groups -OCH3 is 1. The van der Waals surface area contributed by atoms with E-state index in [1.807, 2.05) is 6.07 Å². The third-order valence-electron chi connectivity index (χ3n) is 3.29.